The molecule has 0 unspecified atom stereocenters. The summed E-state index contributed by atoms with van der Waals surface area (Å²) in [6, 6.07) is 2.78. The molecule has 1 fully saturated rings. The number of fused-ring (bicyclic) bond motifs is 3. The fourth-order valence-electron chi connectivity index (χ4n) is 6.28. The Morgan fingerprint density at radius 2 is 1.81 bits per heavy atom. The van der Waals surface area contributed by atoms with E-state index < -0.39 is 74.8 Å². The zero-order valence-electron chi connectivity index (χ0n) is 20.5. The van der Waals surface area contributed by atoms with E-state index in [1.165, 1.54) is 31.1 Å². The third-order valence-corrected chi connectivity index (χ3v) is 7.76. The molecule has 1 saturated carbocycles. The fraction of sp³-hybridized carbons (Fsp3) is 0.400. The number of ketones is 3. The van der Waals surface area contributed by atoms with Gasteiger partial charge in [0, 0.05) is 12.0 Å². The van der Waals surface area contributed by atoms with E-state index in [-0.39, 0.29) is 35.3 Å². The van der Waals surface area contributed by atoms with Crippen molar-refractivity contribution in [2.75, 3.05) is 14.1 Å². The van der Waals surface area contributed by atoms with Crippen LogP contribution in [0.15, 0.2) is 29.0 Å². The molecule has 9 N–H and O–H groups in total. The highest BCUT2D eigenvalue weighted by Gasteiger charge is 2.74. The molecule has 4 rings (SSSR count). The van der Waals surface area contributed by atoms with E-state index in [9.17, 15) is 39.8 Å². The average molecular weight is 510 g/mol. The van der Waals surface area contributed by atoms with Gasteiger partial charge in [0.25, 0.3) is 5.91 Å². The number of aliphatic hydroxyl groups is 2. The minimum atomic E-state index is -2.73. The Kier molecular flexibility index (Phi) is 5.61. The summed E-state index contributed by atoms with van der Waals surface area (Å²) < 4.78 is 0. The molecule has 0 bridgehead atoms. The zero-order valence-corrected chi connectivity index (χ0v) is 20.5. The summed E-state index contributed by atoms with van der Waals surface area (Å²) in [5, 5.41) is 43.4. The number of carbonyl (C=O) groups excluding carboxylic acids is 4. The molecule has 3 aliphatic rings. The van der Waals surface area contributed by atoms with E-state index in [0.29, 0.717) is 0 Å². The number of rotatable bonds is 4. The van der Waals surface area contributed by atoms with Crippen LogP contribution >= 0.6 is 0 Å². The number of likely N-dealkylation sites (N-methyl/N-ethyl adjacent to an activating group) is 1. The molecule has 12 heteroatoms. The van der Waals surface area contributed by atoms with Gasteiger partial charge in [-0.25, -0.2) is 0 Å². The number of nitrogens with two attached hydrogens (primary N) is 3. The largest absolute Gasteiger partial charge is 0.509 e. The number of carbonyl (C=O) groups is 4. The van der Waals surface area contributed by atoms with Crippen molar-refractivity contribution in [1.82, 2.24) is 4.90 Å². The van der Waals surface area contributed by atoms with Gasteiger partial charge in [0.15, 0.2) is 22.8 Å². The first kappa shape index (κ1) is 26.0. The monoisotopic (exact) mass is 509 g/mol. The number of nitriles is 1. The number of nitrogens with zero attached hydrogens (tertiary/aromatic N) is 2. The van der Waals surface area contributed by atoms with Crippen LogP contribution in [-0.4, -0.2) is 74.7 Å². The topological polar surface area (TPSA) is 234 Å². The highest BCUT2D eigenvalue weighted by molar-refractivity contribution is 6.25. The number of hydrogen-bond donors (Lipinski definition) is 6. The van der Waals surface area contributed by atoms with Crippen molar-refractivity contribution in [3.8, 4) is 11.8 Å². The first-order valence-electron chi connectivity index (χ1n) is 11.4. The van der Waals surface area contributed by atoms with E-state index >= 15 is 0 Å². The van der Waals surface area contributed by atoms with Crippen molar-refractivity contribution in [3.63, 3.8) is 0 Å². The molecule has 0 aromatic heterocycles. The average Bonchev–Trinajstić information content (AvgIpc) is 2.77. The van der Waals surface area contributed by atoms with Crippen molar-refractivity contribution < 1.29 is 34.5 Å². The fourth-order valence-corrected chi connectivity index (χ4v) is 6.28. The highest BCUT2D eigenvalue weighted by atomic mass is 16.3. The van der Waals surface area contributed by atoms with E-state index in [2.05, 4.69) is 0 Å². The summed E-state index contributed by atoms with van der Waals surface area (Å²) in [7, 11) is 2.87. The van der Waals surface area contributed by atoms with Crippen molar-refractivity contribution in [2.45, 2.75) is 43.3 Å². The summed E-state index contributed by atoms with van der Waals surface area (Å²) in [6.45, 7) is 1.63. The second kappa shape index (κ2) is 7.97. The summed E-state index contributed by atoms with van der Waals surface area (Å²) in [4.78, 5) is 53.7. The molecule has 12 nitrogen and oxygen atoms in total. The Labute approximate surface area is 211 Å². The predicted octanol–water partition coefficient (Wildman–Crippen LogP) is -0.502. The number of hydrogen-bond acceptors (Lipinski definition) is 11. The molecule has 1 amide bonds. The maximum absolute atomic E-state index is 14.2. The van der Waals surface area contributed by atoms with E-state index in [1.54, 1.807) is 13.0 Å². The number of aliphatic hydroxyl groups excluding tert-OH is 2. The Bertz CT molecular complexity index is 1420. The summed E-state index contributed by atoms with van der Waals surface area (Å²) >= 11 is 0. The number of phenols is 1. The molecule has 0 aliphatic heterocycles. The zero-order chi connectivity index (χ0) is 27.8. The third kappa shape index (κ3) is 2.99. The van der Waals surface area contributed by atoms with Crippen LogP contribution in [-0.2, 0) is 20.8 Å². The van der Waals surface area contributed by atoms with Gasteiger partial charge in [-0.1, -0.05) is 6.92 Å². The number of phenolic OH excluding ortho intramolecular Hbond substituents is 1. The van der Waals surface area contributed by atoms with E-state index in [4.69, 9.17) is 17.2 Å². The van der Waals surface area contributed by atoms with Crippen molar-refractivity contribution in [1.29, 1.82) is 5.26 Å². The molecule has 1 aromatic carbocycles. The lowest BCUT2D eigenvalue weighted by atomic mass is 9.47. The molecule has 194 valence electrons. The van der Waals surface area contributed by atoms with Crippen molar-refractivity contribution in [3.05, 3.63) is 45.7 Å². The first-order chi connectivity index (χ1) is 17.1. The number of Topliss-reactive ketones (excluding diaryl/α,β-unsaturated/α-hetero) is 3. The Hall–Kier alpha value is -4.05. The van der Waals surface area contributed by atoms with Crippen LogP contribution in [0.5, 0.6) is 5.75 Å². The van der Waals surface area contributed by atoms with Gasteiger partial charge < -0.3 is 32.5 Å². The van der Waals surface area contributed by atoms with Crippen LogP contribution in [0.3, 0.4) is 0 Å². The Balaban J connectivity index is 2.14. The summed E-state index contributed by atoms with van der Waals surface area (Å²) in [5.74, 6) is -6.36. The number of aromatic hydroxyl groups is 1. The van der Waals surface area contributed by atoms with Gasteiger partial charge in [0.05, 0.1) is 34.3 Å². The van der Waals surface area contributed by atoms with Gasteiger partial charge >= 0.3 is 0 Å². The maximum atomic E-state index is 14.2. The van der Waals surface area contributed by atoms with Gasteiger partial charge in [-0.2, -0.15) is 5.26 Å². The van der Waals surface area contributed by atoms with E-state index in [1.807, 2.05) is 0 Å². The van der Waals surface area contributed by atoms with Crippen LogP contribution in [0, 0.1) is 16.7 Å². The lowest BCUT2D eigenvalue weighted by Crippen LogP contribution is -2.80. The number of benzene rings is 1. The molecule has 0 heterocycles. The Morgan fingerprint density at radius 3 is 2.32 bits per heavy atom. The lowest BCUT2D eigenvalue weighted by molar-refractivity contribution is -0.139. The second-order valence-corrected chi connectivity index (χ2v) is 10.0. The third-order valence-electron chi connectivity index (χ3n) is 7.76. The van der Waals surface area contributed by atoms with Gasteiger partial charge in [0.1, 0.15) is 22.8 Å². The standard InChI is InChI=1S/C25H27N5O7/c1-4-12(31)10-5-6-13(32)14-11(10)7-23(28)8-25(29)19(30(2)3)18(34)15(22(27)37)20(35)24(25,9-26)21(36)16(23)17(14)33/h5-6,19,32-33,35H,4,7-8,28-29H2,1-3H3,(H2,27,37)/t19-,23-,24+,25-/m1/s1. The van der Waals surface area contributed by atoms with Crippen LogP contribution < -0.4 is 17.2 Å². The van der Waals surface area contributed by atoms with Gasteiger partial charge in [0.2, 0.25) is 0 Å². The molecule has 0 spiro atoms. The first-order valence-corrected chi connectivity index (χ1v) is 11.4. The van der Waals surface area contributed by atoms with Crippen LogP contribution in [0.4, 0.5) is 0 Å². The molecular formula is C25H27N5O7. The van der Waals surface area contributed by atoms with Gasteiger partial charge in [-0.05, 0) is 44.6 Å². The molecular weight excluding hydrogens is 482 g/mol. The molecule has 0 saturated heterocycles. The van der Waals surface area contributed by atoms with E-state index in [0.717, 1.165) is 0 Å². The second-order valence-electron chi connectivity index (χ2n) is 10.0. The Morgan fingerprint density at radius 1 is 1.19 bits per heavy atom. The summed E-state index contributed by atoms with van der Waals surface area (Å²) in [5.41, 5.74) is 10.8. The predicted molar refractivity (Wildman–Crippen MR) is 129 cm³/mol. The smallest absolute Gasteiger partial charge is 0.255 e. The molecule has 37 heavy (non-hydrogen) atoms. The van der Waals surface area contributed by atoms with Crippen LogP contribution in [0.1, 0.15) is 41.3 Å². The highest BCUT2D eigenvalue weighted by Crippen LogP contribution is 2.58. The normalized spacial score (nSPS) is 31.0. The minimum absolute atomic E-state index is 0.106. The van der Waals surface area contributed by atoms with Gasteiger partial charge in [-0.15, -0.1) is 0 Å². The number of primary amides is 1. The summed E-state index contributed by atoms with van der Waals surface area (Å²) in [6.07, 6.45) is -0.654. The minimum Gasteiger partial charge on any atom is -0.509 e. The van der Waals surface area contributed by atoms with Crippen molar-refractivity contribution in [2.24, 2.45) is 22.6 Å². The van der Waals surface area contributed by atoms with Gasteiger partial charge in [-0.3, -0.25) is 24.1 Å². The van der Waals surface area contributed by atoms with Crippen LogP contribution in [0.2, 0.25) is 0 Å². The number of amides is 1. The van der Waals surface area contributed by atoms with Crippen LogP contribution in [0.25, 0.3) is 5.76 Å². The molecule has 0 radical (unpaired) electrons. The quantitative estimate of drug-likeness (QED) is 0.223. The molecule has 3 aliphatic carbocycles. The maximum Gasteiger partial charge on any atom is 0.255 e. The molecule has 1 aromatic rings. The molecule has 4 atom stereocenters. The lowest BCUT2D eigenvalue weighted by Gasteiger charge is -2.58. The van der Waals surface area contributed by atoms with Crippen molar-refractivity contribution >= 4 is 29.0 Å². The SMILES string of the molecule is CCC(=O)c1ccc(O)c2c1C[C@@]1(N)C[C@@]3(N)[C@H](N(C)C)C(=O)C(C(N)=O)=C(O)[C@@]3(C#N)C(=O)C1=C2O.